The number of hydrogen-bond acceptors (Lipinski definition) is 7. The second-order valence-corrected chi connectivity index (χ2v) is 9.82. The van der Waals surface area contributed by atoms with E-state index in [1.54, 1.807) is 7.11 Å². The average molecular weight is 522 g/mol. The van der Waals surface area contributed by atoms with Crippen LogP contribution in [0.2, 0.25) is 0 Å². The van der Waals surface area contributed by atoms with E-state index in [0.29, 0.717) is 0 Å². The quantitative estimate of drug-likeness (QED) is 0.339. The van der Waals surface area contributed by atoms with E-state index in [2.05, 4.69) is 57.9 Å². The zero-order chi connectivity index (χ0) is 25.0. The fraction of sp³-hybridized carbons (Fsp3) is 0.679. The summed E-state index contributed by atoms with van der Waals surface area (Å²) in [5, 5.41) is 15.1. The predicted molar refractivity (Wildman–Crippen MR) is 154 cm³/mol. The number of ether oxygens (including phenoxy) is 1. The summed E-state index contributed by atoms with van der Waals surface area (Å²) in [6, 6.07) is 6.16. The molecule has 0 bridgehead atoms. The highest BCUT2D eigenvalue weighted by Gasteiger charge is 2.19. The summed E-state index contributed by atoms with van der Waals surface area (Å²) < 4.78 is 5.50. The number of β-amino-alcohol motifs (C(OH)–C–C–N with tert-alkyl or cyclic N) is 1. The van der Waals surface area contributed by atoms with E-state index in [4.69, 9.17) is 4.74 Å². The second-order valence-electron chi connectivity index (χ2n) is 9.82. The Bertz CT molecular complexity index is 888. The third-order valence-corrected chi connectivity index (χ3v) is 7.29. The molecule has 1 fully saturated rings. The molecule has 7 nitrogen and oxygen atoms in total. The summed E-state index contributed by atoms with van der Waals surface area (Å²) in [6.45, 7) is 16.5. The first-order valence-corrected chi connectivity index (χ1v) is 13.6. The van der Waals surface area contributed by atoms with Gasteiger partial charge in [0.15, 0.2) is 0 Å². The maximum absolute atomic E-state index is 10.4. The zero-order valence-corrected chi connectivity index (χ0v) is 23.7. The molecule has 1 aromatic heterocycles. The maximum atomic E-state index is 10.4. The highest BCUT2D eigenvalue weighted by molar-refractivity contribution is 5.93. The molecule has 1 aliphatic rings. The van der Waals surface area contributed by atoms with Crippen LogP contribution in [0.15, 0.2) is 24.4 Å². The summed E-state index contributed by atoms with van der Waals surface area (Å²) in [6.07, 6.45) is 6.55. The molecule has 0 aliphatic carbocycles. The molecule has 1 aliphatic heterocycles. The minimum Gasteiger partial charge on any atom is -0.497 e. The topological polar surface area (TPSA) is 64.1 Å². The first kappa shape index (κ1) is 30.6. The molecule has 2 aromatic rings. The van der Waals surface area contributed by atoms with Gasteiger partial charge in [-0.1, -0.05) is 26.7 Å². The minimum absolute atomic E-state index is 0. The average Bonchev–Trinajstić information content (AvgIpc) is 2.87. The van der Waals surface area contributed by atoms with Crippen molar-refractivity contribution in [3.8, 4) is 5.75 Å². The lowest BCUT2D eigenvalue weighted by molar-refractivity contribution is 0.0522. The number of nitrogens with zero attached hydrogens (tertiary/aromatic N) is 4. The van der Waals surface area contributed by atoms with Crippen LogP contribution in [-0.4, -0.2) is 103 Å². The number of aliphatic hydroxyl groups excluding tert-OH is 1. The molecule has 204 valence electrons. The Kier molecular flexibility index (Phi) is 13.8. The van der Waals surface area contributed by atoms with Crippen LogP contribution in [0.3, 0.4) is 0 Å². The van der Waals surface area contributed by atoms with Gasteiger partial charge in [-0.25, -0.2) is 0 Å². The zero-order valence-electron chi connectivity index (χ0n) is 22.8. The highest BCUT2D eigenvalue weighted by atomic mass is 35.5. The summed E-state index contributed by atoms with van der Waals surface area (Å²) in [4.78, 5) is 11.9. The Morgan fingerprint density at radius 3 is 2.44 bits per heavy atom. The number of anilines is 1. The lowest BCUT2D eigenvalue weighted by atomic mass is 10.1. The number of unbranched alkanes of at least 4 members (excludes halogenated alkanes) is 3. The van der Waals surface area contributed by atoms with Crippen molar-refractivity contribution < 1.29 is 9.84 Å². The standard InChI is InChI=1S/C28H47N5O2.ClH/c1-5-31(6-2)21-24(34)22-33-17-15-32(16-18-33)14-10-8-7-9-12-29-27-20-25(35-4)19-26-23(3)11-13-30-28(26)27;/h11,13,19-20,24,29,34H,5-10,12,14-18,21-22H2,1-4H3;1H. The number of aromatic nitrogens is 1. The van der Waals surface area contributed by atoms with E-state index >= 15 is 0 Å². The van der Waals surface area contributed by atoms with Gasteiger partial charge in [0.25, 0.3) is 0 Å². The predicted octanol–water partition coefficient (Wildman–Crippen LogP) is 4.27. The van der Waals surface area contributed by atoms with Gasteiger partial charge in [-0.2, -0.15) is 0 Å². The van der Waals surface area contributed by atoms with E-state index < -0.39 is 0 Å². The number of likely N-dealkylation sites (N-methyl/N-ethyl adjacent to an activating group) is 1. The van der Waals surface area contributed by atoms with Crippen LogP contribution in [0, 0.1) is 6.92 Å². The summed E-state index contributed by atoms with van der Waals surface area (Å²) in [7, 11) is 1.72. The number of nitrogens with one attached hydrogen (secondary N) is 1. The highest BCUT2D eigenvalue weighted by Crippen LogP contribution is 2.29. The molecule has 0 amide bonds. The fourth-order valence-electron chi connectivity index (χ4n) is 4.98. The first-order chi connectivity index (χ1) is 17.0. The molecule has 1 atom stereocenters. The van der Waals surface area contributed by atoms with Gasteiger partial charge in [-0.3, -0.25) is 9.88 Å². The number of halogens is 1. The van der Waals surface area contributed by atoms with Crippen LogP contribution in [0.5, 0.6) is 5.75 Å². The summed E-state index contributed by atoms with van der Waals surface area (Å²) >= 11 is 0. The van der Waals surface area contributed by atoms with Crippen molar-refractivity contribution in [2.24, 2.45) is 0 Å². The molecule has 1 unspecified atom stereocenters. The third-order valence-electron chi connectivity index (χ3n) is 7.29. The lowest BCUT2D eigenvalue weighted by Crippen LogP contribution is -2.50. The number of methoxy groups -OCH3 is 1. The first-order valence-electron chi connectivity index (χ1n) is 13.6. The van der Waals surface area contributed by atoms with Gasteiger partial charge in [0.05, 0.1) is 24.4 Å². The lowest BCUT2D eigenvalue weighted by Gasteiger charge is -2.36. The van der Waals surface area contributed by atoms with E-state index in [1.807, 2.05) is 12.3 Å². The van der Waals surface area contributed by atoms with E-state index in [0.717, 1.165) is 87.7 Å². The van der Waals surface area contributed by atoms with Crippen LogP contribution in [0.1, 0.15) is 45.1 Å². The molecule has 8 heteroatoms. The maximum Gasteiger partial charge on any atom is 0.121 e. The molecule has 36 heavy (non-hydrogen) atoms. The molecule has 0 spiro atoms. The Balaban J connectivity index is 0.00000456. The van der Waals surface area contributed by atoms with Crippen molar-refractivity contribution >= 4 is 29.0 Å². The van der Waals surface area contributed by atoms with Crippen molar-refractivity contribution in [2.45, 2.75) is 52.6 Å². The van der Waals surface area contributed by atoms with Crippen molar-refractivity contribution in [3.05, 3.63) is 30.0 Å². The van der Waals surface area contributed by atoms with Gasteiger partial charge >= 0.3 is 0 Å². The Morgan fingerprint density at radius 1 is 1.06 bits per heavy atom. The largest absolute Gasteiger partial charge is 0.497 e. The summed E-state index contributed by atoms with van der Waals surface area (Å²) in [5.74, 6) is 0.870. The fourth-order valence-corrected chi connectivity index (χ4v) is 4.98. The smallest absolute Gasteiger partial charge is 0.121 e. The van der Waals surface area contributed by atoms with Crippen molar-refractivity contribution in [2.75, 3.05) is 77.9 Å². The third kappa shape index (κ3) is 9.34. The Labute approximate surface area is 224 Å². The normalized spacial score (nSPS) is 15.7. The molecule has 3 rings (SSSR count). The van der Waals surface area contributed by atoms with E-state index in [-0.39, 0.29) is 18.5 Å². The van der Waals surface area contributed by atoms with Gasteiger partial charge in [-0.05, 0) is 57.1 Å². The van der Waals surface area contributed by atoms with Crippen molar-refractivity contribution in [1.29, 1.82) is 0 Å². The summed E-state index contributed by atoms with van der Waals surface area (Å²) in [5.41, 5.74) is 3.29. The molecule has 2 N–H and O–H groups in total. The van der Waals surface area contributed by atoms with Gasteiger partial charge in [-0.15, -0.1) is 12.4 Å². The number of pyridine rings is 1. The molecular weight excluding hydrogens is 474 g/mol. The van der Waals surface area contributed by atoms with Crippen LogP contribution >= 0.6 is 12.4 Å². The van der Waals surface area contributed by atoms with Crippen LogP contribution in [0.4, 0.5) is 5.69 Å². The van der Waals surface area contributed by atoms with Gasteiger partial charge in [0.1, 0.15) is 5.75 Å². The van der Waals surface area contributed by atoms with Gasteiger partial charge in [0.2, 0.25) is 0 Å². The van der Waals surface area contributed by atoms with Crippen molar-refractivity contribution in [3.63, 3.8) is 0 Å². The van der Waals surface area contributed by atoms with Crippen molar-refractivity contribution in [1.82, 2.24) is 19.7 Å². The number of hydrogen-bond donors (Lipinski definition) is 2. The molecule has 1 aromatic carbocycles. The molecule has 0 radical (unpaired) electrons. The SMILES string of the molecule is CCN(CC)CC(O)CN1CCN(CCCCCCNc2cc(OC)cc3c(C)ccnc23)CC1.Cl. The molecular formula is C28H48ClN5O2. The second kappa shape index (κ2) is 16.3. The number of benzene rings is 1. The van der Waals surface area contributed by atoms with Crippen LogP contribution in [-0.2, 0) is 0 Å². The van der Waals surface area contributed by atoms with E-state index in [9.17, 15) is 5.11 Å². The molecule has 1 saturated heterocycles. The Morgan fingerprint density at radius 2 is 1.75 bits per heavy atom. The number of piperazine rings is 1. The van der Waals surface area contributed by atoms with Gasteiger partial charge < -0.3 is 25.0 Å². The number of aryl methyl sites for hydroxylation is 1. The monoisotopic (exact) mass is 521 g/mol. The van der Waals surface area contributed by atoms with Crippen LogP contribution in [0.25, 0.3) is 10.9 Å². The molecule has 2 heterocycles. The van der Waals surface area contributed by atoms with Crippen LogP contribution < -0.4 is 10.1 Å². The van der Waals surface area contributed by atoms with Gasteiger partial charge in [0, 0.05) is 63.5 Å². The number of aliphatic hydroxyl groups is 1. The minimum atomic E-state index is -0.246. The number of rotatable bonds is 15. The van der Waals surface area contributed by atoms with E-state index in [1.165, 1.54) is 31.4 Å². The number of fused-ring (bicyclic) bond motifs is 1. The molecule has 0 saturated carbocycles. The Hall–Kier alpha value is -1.64.